The highest BCUT2D eigenvalue weighted by Gasteiger charge is 2.21. The number of thiocarbonyl (C=S) groups is 1. The van der Waals surface area contributed by atoms with E-state index in [2.05, 4.69) is 16.0 Å². The Morgan fingerprint density at radius 3 is 2.17 bits per heavy atom. The summed E-state index contributed by atoms with van der Waals surface area (Å²) in [4.78, 5) is 23.4. The molecule has 6 heteroatoms. The summed E-state index contributed by atoms with van der Waals surface area (Å²) in [6.07, 6.45) is 5.78. The molecular formula is C17H23N3O2S. The minimum Gasteiger partial charge on any atom is -0.332 e. The lowest BCUT2D eigenvalue weighted by Crippen LogP contribution is -2.38. The van der Waals surface area contributed by atoms with Gasteiger partial charge in [0.2, 0.25) is 11.8 Å². The Balaban J connectivity index is 1.82. The predicted molar refractivity (Wildman–Crippen MR) is 96.3 cm³/mol. The smallest absolute Gasteiger partial charge is 0.229 e. The van der Waals surface area contributed by atoms with E-state index >= 15 is 0 Å². The van der Waals surface area contributed by atoms with Crippen LogP contribution in [0.15, 0.2) is 24.3 Å². The minimum atomic E-state index is -0.0269. The van der Waals surface area contributed by atoms with E-state index in [1.165, 1.54) is 6.42 Å². The molecule has 1 aliphatic carbocycles. The van der Waals surface area contributed by atoms with E-state index in [1.807, 2.05) is 12.1 Å². The van der Waals surface area contributed by atoms with Gasteiger partial charge in [-0.05, 0) is 49.3 Å². The lowest BCUT2D eigenvalue weighted by Gasteiger charge is -2.21. The summed E-state index contributed by atoms with van der Waals surface area (Å²) in [6, 6.07) is 7.21. The number of rotatable bonds is 4. The maximum atomic E-state index is 12.1. The van der Waals surface area contributed by atoms with Gasteiger partial charge in [0.15, 0.2) is 5.11 Å². The van der Waals surface area contributed by atoms with Crippen LogP contribution < -0.4 is 16.0 Å². The number of hydrogen-bond acceptors (Lipinski definition) is 3. The average Bonchev–Trinajstić information content (AvgIpc) is 2.57. The van der Waals surface area contributed by atoms with Crippen molar-refractivity contribution in [1.29, 1.82) is 0 Å². The Morgan fingerprint density at radius 2 is 1.61 bits per heavy atom. The number of nitrogens with one attached hydrogen (secondary N) is 3. The third-order valence-electron chi connectivity index (χ3n) is 3.96. The van der Waals surface area contributed by atoms with E-state index in [-0.39, 0.29) is 17.7 Å². The van der Waals surface area contributed by atoms with Crippen molar-refractivity contribution in [2.24, 2.45) is 5.92 Å². The Morgan fingerprint density at radius 1 is 1.04 bits per heavy atom. The standard InChI is InChI=1S/C17H23N3O2S/c1-2-15(21)18-13-8-10-14(11-9-13)19-17(23)20-16(22)12-6-4-3-5-7-12/h8-12H,2-7H2,1H3,(H,18,21)(H2,19,20,22,23). The van der Waals surface area contributed by atoms with E-state index < -0.39 is 0 Å². The van der Waals surface area contributed by atoms with Crippen molar-refractivity contribution in [3.05, 3.63) is 24.3 Å². The molecule has 0 heterocycles. The van der Waals surface area contributed by atoms with E-state index in [0.29, 0.717) is 11.5 Å². The third-order valence-corrected chi connectivity index (χ3v) is 4.16. The summed E-state index contributed by atoms with van der Waals surface area (Å²) < 4.78 is 0. The zero-order valence-electron chi connectivity index (χ0n) is 13.4. The molecule has 2 amide bonds. The largest absolute Gasteiger partial charge is 0.332 e. The van der Waals surface area contributed by atoms with Crippen molar-refractivity contribution < 1.29 is 9.59 Å². The highest BCUT2D eigenvalue weighted by molar-refractivity contribution is 7.80. The van der Waals surface area contributed by atoms with Crippen LogP contribution in [0.3, 0.4) is 0 Å². The number of benzene rings is 1. The number of carbonyl (C=O) groups is 2. The molecule has 3 N–H and O–H groups in total. The lowest BCUT2D eigenvalue weighted by molar-refractivity contribution is -0.124. The maximum Gasteiger partial charge on any atom is 0.229 e. The quantitative estimate of drug-likeness (QED) is 0.738. The minimum absolute atomic E-state index is 0.00836. The second kappa shape index (κ2) is 8.62. The van der Waals surface area contributed by atoms with Crippen LogP contribution in [0.25, 0.3) is 0 Å². The van der Waals surface area contributed by atoms with E-state index in [4.69, 9.17) is 12.2 Å². The fourth-order valence-corrected chi connectivity index (χ4v) is 2.85. The third kappa shape index (κ3) is 5.63. The van der Waals surface area contributed by atoms with E-state index in [9.17, 15) is 9.59 Å². The first-order valence-electron chi connectivity index (χ1n) is 8.10. The van der Waals surface area contributed by atoms with Crippen molar-refractivity contribution in [2.75, 3.05) is 10.6 Å². The van der Waals surface area contributed by atoms with Crippen molar-refractivity contribution in [3.8, 4) is 0 Å². The van der Waals surface area contributed by atoms with Gasteiger partial charge in [-0.2, -0.15) is 0 Å². The van der Waals surface area contributed by atoms with Gasteiger partial charge in [-0.25, -0.2) is 0 Å². The van der Waals surface area contributed by atoms with Gasteiger partial charge in [-0.3, -0.25) is 9.59 Å². The van der Waals surface area contributed by atoms with Crippen LogP contribution in [0.4, 0.5) is 11.4 Å². The van der Waals surface area contributed by atoms with Gasteiger partial charge in [-0.1, -0.05) is 26.2 Å². The molecule has 1 aromatic carbocycles. The van der Waals surface area contributed by atoms with Gasteiger partial charge in [0.25, 0.3) is 0 Å². The summed E-state index contributed by atoms with van der Waals surface area (Å²) in [5.74, 6) is 0.0603. The molecule has 23 heavy (non-hydrogen) atoms. The number of carbonyl (C=O) groups excluding carboxylic acids is 2. The molecule has 0 spiro atoms. The zero-order chi connectivity index (χ0) is 16.7. The van der Waals surface area contributed by atoms with Crippen LogP contribution in [0.2, 0.25) is 0 Å². The molecule has 1 aliphatic rings. The molecule has 1 aromatic rings. The number of anilines is 2. The van der Waals surface area contributed by atoms with Gasteiger partial charge in [-0.15, -0.1) is 0 Å². The first-order chi connectivity index (χ1) is 11.1. The predicted octanol–water partition coefficient (Wildman–Crippen LogP) is 3.43. The Hall–Kier alpha value is -1.95. The molecule has 0 unspecified atom stereocenters. The lowest BCUT2D eigenvalue weighted by atomic mass is 9.89. The molecule has 0 aliphatic heterocycles. The van der Waals surface area contributed by atoms with Crippen LogP contribution in [-0.4, -0.2) is 16.9 Å². The maximum absolute atomic E-state index is 12.1. The first-order valence-corrected chi connectivity index (χ1v) is 8.51. The molecule has 1 fully saturated rings. The van der Waals surface area contributed by atoms with Crippen LogP contribution in [0, 0.1) is 5.92 Å². The van der Waals surface area contributed by atoms with Gasteiger partial charge < -0.3 is 16.0 Å². The SMILES string of the molecule is CCC(=O)Nc1ccc(NC(=S)NC(=O)C2CCCCC2)cc1. The van der Waals surface area contributed by atoms with Crippen LogP contribution >= 0.6 is 12.2 Å². The van der Waals surface area contributed by atoms with Gasteiger partial charge in [0, 0.05) is 23.7 Å². The molecule has 5 nitrogen and oxygen atoms in total. The van der Waals surface area contributed by atoms with Crippen molar-refractivity contribution in [3.63, 3.8) is 0 Å². The molecule has 124 valence electrons. The Kier molecular flexibility index (Phi) is 6.52. The zero-order valence-corrected chi connectivity index (χ0v) is 14.2. The highest BCUT2D eigenvalue weighted by Crippen LogP contribution is 2.23. The fraction of sp³-hybridized carbons (Fsp3) is 0.471. The molecule has 0 radical (unpaired) electrons. The Labute approximate surface area is 142 Å². The van der Waals surface area contributed by atoms with E-state index in [1.54, 1.807) is 19.1 Å². The summed E-state index contributed by atoms with van der Waals surface area (Å²) >= 11 is 5.19. The molecule has 0 bridgehead atoms. The van der Waals surface area contributed by atoms with Crippen molar-refractivity contribution in [2.45, 2.75) is 45.4 Å². The topological polar surface area (TPSA) is 70.2 Å². The normalized spacial score (nSPS) is 14.8. The summed E-state index contributed by atoms with van der Waals surface area (Å²) in [5, 5.41) is 8.85. The van der Waals surface area contributed by atoms with Crippen molar-refractivity contribution >= 4 is 40.5 Å². The van der Waals surface area contributed by atoms with E-state index in [0.717, 1.165) is 37.1 Å². The molecule has 0 saturated heterocycles. The van der Waals surface area contributed by atoms with Crippen LogP contribution in [0.5, 0.6) is 0 Å². The number of amides is 2. The molecule has 0 aromatic heterocycles. The second-order valence-electron chi connectivity index (χ2n) is 5.76. The molecule has 2 rings (SSSR count). The summed E-state index contributed by atoms with van der Waals surface area (Å²) in [6.45, 7) is 1.80. The van der Waals surface area contributed by atoms with Gasteiger partial charge in [0.05, 0.1) is 0 Å². The molecular weight excluding hydrogens is 310 g/mol. The second-order valence-corrected chi connectivity index (χ2v) is 6.17. The van der Waals surface area contributed by atoms with Crippen molar-refractivity contribution in [1.82, 2.24) is 5.32 Å². The Bertz CT molecular complexity index is 566. The summed E-state index contributed by atoms with van der Waals surface area (Å²) in [7, 11) is 0. The number of hydrogen-bond donors (Lipinski definition) is 3. The highest BCUT2D eigenvalue weighted by atomic mass is 32.1. The fourth-order valence-electron chi connectivity index (χ4n) is 2.63. The van der Waals surface area contributed by atoms with Crippen LogP contribution in [0.1, 0.15) is 45.4 Å². The first kappa shape index (κ1) is 17.4. The van der Waals surface area contributed by atoms with Gasteiger partial charge >= 0.3 is 0 Å². The monoisotopic (exact) mass is 333 g/mol. The average molecular weight is 333 g/mol. The summed E-state index contributed by atoms with van der Waals surface area (Å²) in [5.41, 5.74) is 1.51. The van der Waals surface area contributed by atoms with Crippen LogP contribution in [-0.2, 0) is 9.59 Å². The molecule has 1 saturated carbocycles. The molecule has 0 atom stereocenters. The van der Waals surface area contributed by atoms with Gasteiger partial charge in [0.1, 0.15) is 0 Å².